The molecule has 0 aliphatic heterocycles. The molecule has 1 rings (SSSR count). The Morgan fingerprint density at radius 3 is 2.67 bits per heavy atom. The first-order chi connectivity index (χ1) is 7.75. The van der Waals surface area contributed by atoms with E-state index in [9.17, 15) is 5.11 Å². The van der Waals surface area contributed by atoms with Crippen molar-refractivity contribution in [3.8, 4) is 5.75 Å². The number of phenols is 1. The summed E-state index contributed by atoms with van der Waals surface area (Å²) in [5, 5.41) is 9.39. The van der Waals surface area contributed by atoms with E-state index in [-0.39, 0.29) is 5.75 Å². The maximum absolute atomic E-state index is 9.39. The van der Waals surface area contributed by atoms with Gasteiger partial charge in [-0.05, 0) is 30.5 Å². The average molecular weight is 207 g/mol. The third kappa shape index (κ3) is 5.46. The highest BCUT2D eigenvalue weighted by atomic mass is 16.3. The number of hydrogen-bond acceptors (Lipinski definition) is 1. The SMILES string of the molecule is [2H]c1c(O)cccc1CCCCCCCC. The van der Waals surface area contributed by atoms with Crippen molar-refractivity contribution in [3.63, 3.8) is 0 Å². The van der Waals surface area contributed by atoms with Crippen LogP contribution in [-0.4, -0.2) is 5.11 Å². The minimum absolute atomic E-state index is 0.100. The summed E-state index contributed by atoms with van der Waals surface area (Å²) in [6.07, 6.45) is 8.50. The summed E-state index contributed by atoms with van der Waals surface area (Å²) in [5.74, 6) is 0.100. The Hall–Kier alpha value is -0.980. The summed E-state index contributed by atoms with van der Waals surface area (Å²) in [4.78, 5) is 0. The molecule has 0 bridgehead atoms. The number of rotatable bonds is 7. The van der Waals surface area contributed by atoms with Crippen molar-refractivity contribution in [1.29, 1.82) is 0 Å². The van der Waals surface area contributed by atoms with Crippen LogP contribution in [0.4, 0.5) is 0 Å². The Balaban J connectivity index is 2.24. The average Bonchev–Trinajstić information content (AvgIpc) is 2.29. The van der Waals surface area contributed by atoms with Gasteiger partial charge < -0.3 is 5.11 Å². The van der Waals surface area contributed by atoms with E-state index < -0.39 is 0 Å². The van der Waals surface area contributed by atoms with Crippen molar-refractivity contribution in [1.82, 2.24) is 0 Å². The molecule has 1 nitrogen and oxygen atoms in total. The molecule has 84 valence electrons. The molecule has 1 aromatic rings. The van der Waals surface area contributed by atoms with Crippen LogP contribution in [0.25, 0.3) is 0 Å². The summed E-state index contributed by atoms with van der Waals surface area (Å²) in [7, 11) is 0. The fourth-order valence-corrected chi connectivity index (χ4v) is 1.74. The molecule has 0 heterocycles. The fraction of sp³-hybridized carbons (Fsp3) is 0.571. The topological polar surface area (TPSA) is 20.2 Å². The van der Waals surface area contributed by atoms with E-state index in [1.54, 1.807) is 6.07 Å². The molecule has 0 saturated heterocycles. The molecule has 0 atom stereocenters. The molecule has 0 spiro atoms. The van der Waals surface area contributed by atoms with Crippen LogP contribution in [0.5, 0.6) is 5.75 Å². The van der Waals surface area contributed by atoms with E-state index in [1.165, 1.54) is 32.1 Å². The van der Waals surface area contributed by atoms with Gasteiger partial charge in [0.2, 0.25) is 0 Å². The predicted molar refractivity (Wildman–Crippen MR) is 65.2 cm³/mol. The van der Waals surface area contributed by atoms with Crippen LogP contribution in [0.3, 0.4) is 0 Å². The molecule has 0 aromatic heterocycles. The number of unbranched alkanes of at least 4 members (excludes halogenated alkanes) is 5. The lowest BCUT2D eigenvalue weighted by Gasteiger charge is -2.02. The Morgan fingerprint density at radius 1 is 1.13 bits per heavy atom. The van der Waals surface area contributed by atoms with Gasteiger partial charge in [-0.1, -0.05) is 51.2 Å². The van der Waals surface area contributed by atoms with Crippen molar-refractivity contribution >= 4 is 0 Å². The number of phenolic OH excluding ortho intramolecular Hbond substituents is 1. The molecular formula is C14H22O. The van der Waals surface area contributed by atoms with E-state index in [2.05, 4.69) is 6.92 Å². The number of aryl methyl sites for hydroxylation is 1. The van der Waals surface area contributed by atoms with E-state index in [1.807, 2.05) is 12.1 Å². The monoisotopic (exact) mass is 207 g/mol. The van der Waals surface area contributed by atoms with Crippen molar-refractivity contribution in [3.05, 3.63) is 29.8 Å². The summed E-state index contributed by atoms with van der Waals surface area (Å²) >= 11 is 0. The van der Waals surface area contributed by atoms with Crippen LogP contribution in [0, 0.1) is 0 Å². The third-order valence-corrected chi connectivity index (χ3v) is 2.64. The molecule has 0 aliphatic carbocycles. The van der Waals surface area contributed by atoms with Gasteiger partial charge in [-0.2, -0.15) is 0 Å². The van der Waals surface area contributed by atoms with E-state index in [0.717, 1.165) is 18.4 Å². The molecular weight excluding hydrogens is 184 g/mol. The molecule has 1 aromatic carbocycles. The molecule has 0 unspecified atom stereocenters. The zero-order chi connectivity index (χ0) is 11.8. The Bertz CT molecular complexity index is 310. The second-order valence-corrected chi connectivity index (χ2v) is 4.08. The van der Waals surface area contributed by atoms with Crippen molar-refractivity contribution in [2.24, 2.45) is 0 Å². The predicted octanol–water partition coefficient (Wildman–Crippen LogP) is 4.30. The Kier molecular flexibility index (Phi) is 5.15. The van der Waals surface area contributed by atoms with Gasteiger partial charge in [0.15, 0.2) is 0 Å². The first kappa shape index (κ1) is 10.5. The van der Waals surface area contributed by atoms with E-state index >= 15 is 0 Å². The highest BCUT2D eigenvalue weighted by Gasteiger charge is 1.95. The molecule has 0 amide bonds. The van der Waals surface area contributed by atoms with Gasteiger partial charge in [-0.15, -0.1) is 0 Å². The van der Waals surface area contributed by atoms with Crippen LogP contribution in [0.15, 0.2) is 24.2 Å². The zero-order valence-corrected chi connectivity index (χ0v) is 9.63. The molecule has 0 saturated carbocycles. The van der Waals surface area contributed by atoms with Crippen LogP contribution in [-0.2, 0) is 6.42 Å². The smallest absolute Gasteiger partial charge is 0.115 e. The first-order valence-corrected chi connectivity index (χ1v) is 6.03. The lowest BCUT2D eigenvalue weighted by atomic mass is 10.0. The molecule has 1 heteroatoms. The van der Waals surface area contributed by atoms with E-state index in [0.29, 0.717) is 6.04 Å². The quantitative estimate of drug-likeness (QED) is 0.661. The number of hydrogen-bond donors (Lipinski definition) is 1. The summed E-state index contributed by atoms with van der Waals surface area (Å²) in [6, 6.07) is 5.64. The van der Waals surface area contributed by atoms with Gasteiger partial charge in [-0.3, -0.25) is 0 Å². The van der Waals surface area contributed by atoms with Crippen molar-refractivity contribution < 1.29 is 6.48 Å². The number of aromatic hydroxyl groups is 1. The molecule has 15 heavy (non-hydrogen) atoms. The minimum atomic E-state index is 0.100. The molecule has 0 radical (unpaired) electrons. The highest BCUT2D eigenvalue weighted by molar-refractivity contribution is 5.27. The van der Waals surface area contributed by atoms with Gasteiger partial charge in [-0.25, -0.2) is 0 Å². The highest BCUT2D eigenvalue weighted by Crippen LogP contribution is 2.14. The zero-order valence-electron chi connectivity index (χ0n) is 10.6. The molecule has 0 aliphatic rings. The van der Waals surface area contributed by atoms with Gasteiger partial charge in [0.1, 0.15) is 5.75 Å². The largest absolute Gasteiger partial charge is 0.508 e. The second kappa shape index (κ2) is 7.33. The minimum Gasteiger partial charge on any atom is -0.508 e. The van der Waals surface area contributed by atoms with Crippen LogP contribution < -0.4 is 0 Å². The third-order valence-electron chi connectivity index (χ3n) is 2.64. The Morgan fingerprint density at radius 2 is 1.87 bits per heavy atom. The maximum Gasteiger partial charge on any atom is 0.115 e. The molecule has 0 fully saturated rings. The van der Waals surface area contributed by atoms with Crippen molar-refractivity contribution in [2.45, 2.75) is 51.9 Å². The first-order valence-electron chi connectivity index (χ1n) is 6.53. The van der Waals surface area contributed by atoms with Gasteiger partial charge in [0.05, 0.1) is 1.37 Å². The van der Waals surface area contributed by atoms with Crippen LogP contribution in [0.2, 0.25) is 0 Å². The second-order valence-electron chi connectivity index (χ2n) is 4.08. The van der Waals surface area contributed by atoms with Crippen LogP contribution in [0.1, 0.15) is 52.4 Å². The maximum atomic E-state index is 9.39. The number of benzene rings is 1. The van der Waals surface area contributed by atoms with Crippen molar-refractivity contribution in [2.75, 3.05) is 0 Å². The standard InChI is InChI=1S/C14H22O/c1-2-3-4-5-6-7-9-13-10-8-11-14(15)12-13/h8,10-12,15H,2-7,9H2,1H3/i12D. The van der Waals surface area contributed by atoms with Crippen LogP contribution >= 0.6 is 0 Å². The van der Waals surface area contributed by atoms with Gasteiger partial charge >= 0.3 is 0 Å². The lowest BCUT2D eigenvalue weighted by Crippen LogP contribution is -1.85. The fourth-order valence-electron chi connectivity index (χ4n) is 1.74. The lowest BCUT2D eigenvalue weighted by molar-refractivity contribution is 0.474. The summed E-state index contributed by atoms with van der Waals surface area (Å²) in [6.45, 7) is 2.22. The molecule has 1 N–H and O–H groups in total. The van der Waals surface area contributed by atoms with Gasteiger partial charge in [0, 0.05) is 0 Å². The summed E-state index contributed by atoms with van der Waals surface area (Å²) in [5.41, 5.74) is 0.968. The normalized spacial score (nSPS) is 11.4. The van der Waals surface area contributed by atoms with Gasteiger partial charge in [0.25, 0.3) is 0 Å². The Labute approximate surface area is 94.6 Å². The summed E-state index contributed by atoms with van der Waals surface area (Å²) < 4.78 is 7.69. The van der Waals surface area contributed by atoms with E-state index in [4.69, 9.17) is 1.37 Å².